The van der Waals surface area contributed by atoms with Crippen LogP contribution in [0, 0.1) is 6.92 Å². The van der Waals surface area contributed by atoms with Gasteiger partial charge in [-0.2, -0.15) is 18.3 Å². The van der Waals surface area contributed by atoms with Crippen molar-refractivity contribution in [1.29, 1.82) is 0 Å². The number of nitrogens with zero attached hydrogens (tertiary/aromatic N) is 3. The molecule has 0 amide bonds. The number of likely N-dealkylation sites (tertiary alicyclic amines) is 1. The van der Waals surface area contributed by atoms with Crippen LogP contribution in [-0.4, -0.2) is 40.6 Å². The molecule has 158 valence electrons. The minimum atomic E-state index is -4.31. The highest BCUT2D eigenvalue weighted by Gasteiger charge is 2.46. The fourth-order valence-electron chi connectivity index (χ4n) is 4.54. The Balaban J connectivity index is 1.61. The van der Waals surface area contributed by atoms with Crippen LogP contribution in [0.4, 0.5) is 19.0 Å². The zero-order valence-electron chi connectivity index (χ0n) is 17.0. The average molecular weight is 408 g/mol. The van der Waals surface area contributed by atoms with Gasteiger partial charge in [0.1, 0.15) is 11.6 Å². The van der Waals surface area contributed by atoms with Crippen molar-refractivity contribution in [2.45, 2.75) is 64.0 Å². The molecule has 0 spiro atoms. The van der Waals surface area contributed by atoms with E-state index in [-0.39, 0.29) is 18.5 Å². The molecular weight excluding hydrogens is 381 g/mol. The van der Waals surface area contributed by atoms with Crippen LogP contribution in [0.25, 0.3) is 0 Å². The van der Waals surface area contributed by atoms with Crippen molar-refractivity contribution in [3.05, 3.63) is 41.1 Å². The smallest absolute Gasteiger partial charge is 0.410 e. The summed E-state index contributed by atoms with van der Waals surface area (Å²) in [6.45, 7) is 5.39. The lowest BCUT2D eigenvalue weighted by Gasteiger charge is -2.31. The summed E-state index contributed by atoms with van der Waals surface area (Å²) in [5.41, 5.74) is 2.95. The molecule has 0 bridgehead atoms. The second-order valence-corrected chi connectivity index (χ2v) is 8.18. The molecule has 3 atom stereocenters. The molecule has 1 fully saturated rings. The zero-order chi connectivity index (χ0) is 20.8. The van der Waals surface area contributed by atoms with E-state index in [2.05, 4.69) is 21.4 Å². The predicted octanol–water partition coefficient (Wildman–Crippen LogP) is 4.84. The number of halogens is 3. The molecule has 0 radical (unpaired) electrons. The van der Waals surface area contributed by atoms with Crippen molar-refractivity contribution in [2.75, 3.05) is 19.0 Å². The maximum absolute atomic E-state index is 13.6. The first kappa shape index (κ1) is 20.1. The van der Waals surface area contributed by atoms with Gasteiger partial charge in [0.05, 0.1) is 18.8 Å². The predicted molar refractivity (Wildman–Crippen MR) is 105 cm³/mol. The summed E-state index contributed by atoms with van der Waals surface area (Å²) in [7, 11) is 1.66. The first-order chi connectivity index (χ1) is 13.8. The van der Waals surface area contributed by atoms with Crippen molar-refractivity contribution in [2.24, 2.45) is 0 Å². The van der Waals surface area contributed by atoms with Crippen LogP contribution in [0.2, 0.25) is 0 Å². The normalized spacial score (nSPS) is 25.0. The van der Waals surface area contributed by atoms with E-state index in [1.54, 1.807) is 20.1 Å². The standard InChI is InChI=1S/C21H27F3N4O/c1-13-6-7-18(29-3)15(9-13)12-27-8-4-5-17(27)16-11-20-25-14(2)10-19(21(22,23)24)28(20)26-16/h6-7,9,11,14,17,19,25H,4-5,8,10,12H2,1-3H3/t14-,17?,19-/m1/s1. The van der Waals surface area contributed by atoms with Gasteiger partial charge in [-0.1, -0.05) is 17.7 Å². The van der Waals surface area contributed by atoms with Crippen molar-refractivity contribution in [3.63, 3.8) is 0 Å². The third kappa shape index (κ3) is 3.95. The molecule has 2 aliphatic rings. The molecule has 0 saturated carbocycles. The Bertz CT molecular complexity index is 879. The highest BCUT2D eigenvalue weighted by atomic mass is 19.4. The summed E-state index contributed by atoms with van der Waals surface area (Å²) < 4.78 is 47.3. The van der Waals surface area contributed by atoms with Gasteiger partial charge in [-0.15, -0.1) is 0 Å². The molecule has 3 heterocycles. The highest BCUT2D eigenvalue weighted by Crippen LogP contribution is 2.42. The van der Waals surface area contributed by atoms with Gasteiger partial charge in [-0.25, -0.2) is 4.68 Å². The molecule has 2 aliphatic heterocycles. The highest BCUT2D eigenvalue weighted by molar-refractivity contribution is 5.42. The molecule has 1 aromatic carbocycles. The number of anilines is 1. The largest absolute Gasteiger partial charge is 0.496 e. The van der Waals surface area contributed by atoms with Crippen molar-refractivity contribution in [1.82, 2.24) is 14.7 Å². The summed E-state index contributed by atoms with van der Waals surface area (Å²) in [4.78, 5) is 2.29. The van der Waals surface area contributed by atoms with Crippen molar-refractivity contribution >= 4 is 5.82 Å². The Morgan fingerprint density at radius 3 is 2.79 bits per heavy atom. The number of alkyl halides is 3. The van der Waals surface area contributed by atoms with Crippen LogP contribution in [0.3, 0.4) is 0 Å². The van der Waals surface area contributed by atoms with Crippen LogP contribution in [0.1, 0.15) is 55.1 Å². The van der Waals surface area contributed by atoms with Gasteiger partial charge in [0.15, 0.2) is 6.04 Å². The molecule has 1 aromatic heterocycles. The number of methoxy groups -OCH3 is 1. The number of aryl methyl sites for hydroxylation is 1. The van der Waals surface area contributed by atoms with E-state index in [0.717, 1.165) is 40.9 Å². The lowest BCUT2D eigenvalue weighted by Crippen LogP contribution is -2.37. The van der Waals surface area contributed by atoms with E-state index in [4.69, 9.17) is 4.74 Å². The molecule has 4 rings (SSSR count). The lowest BCUT2D eigenvalue weighted by molar-refractivity contribution is -0.173. The maximum atomic E-state index is 13.6. The number of aromatic nitrogens is 2. The molecular formula is C21H27F3N4O. The van der Waals surface area contributed by atoms with E-state index in [9.17, 15) is 13.2 Å². The summed E-state index contributed by atoms with van der Waals surface area (Å²) in [5.74, 6) is 1.29. The van der Waals surface area contributed by atoms with Gasteiger partial charge in [-0.3, -0.25) is 4.90 Å². The van der Waals surface area contributed by atoms with E-state index in [0.29, 0.717) is 18.1 Å². The van der Waals surface area contributed by atoms with Gasteiger partial charge in [-0.05, 0) is 45.7 Å². The second kappa shape index (κ2) is 7.55. The first-order valence-corrected chi connectivity index (χ1v) is 10.1. The molecule has 0 aliphatic carbocycles. The lowest BCUT2D eigenvalue weighted by atomic mass is 10.1. The quantitative estimate of drug-likeness (QED) is 0.786. The number of ether oxygens (including phenoxy) is 1. The molecule has 1 saturated heterocycles. The fraction of sp³-hybridized carbons (Fsp3) is 0.571. The number of nitrogens with one attached hydrogen (secondary N) is 1. The van der Waals surface area contributed by atoms with Gasteiger partial charge >= 0.3 is 6.18 Å². The number of hydrogen-bond acceptors (Lipinski definition) is 4. The van der Waals surface area contributed by atoms with Gasteiger partial charge in [0.2, 0.25) is 0 Å². The molecule has 1 N–H and O–H groups in total. The molecule has 8 heteroatoms. The first-order valence-electron chi connectivity index (χ1n) is 10.1. The summed E-state index contributed by atoms with van der Waals surface area (Å²) in [5, 5.41) is 7.59. The van der Waals surface area contributed by atoms with Crippen molar-refractivity contribution in [3.8, 4) is 5.75 Å². The van der Waals surface area contributed by atoms with Crippen molar-refractivity contribution < 1.29 is 17.9 Å². The minimum absolute atomic E-state index is 0.00399. The Morgan fingerprint density at radius 1 is 1.28 bits per heavy atom. The molecule has 2 aromatic rings. The Hall–Kier alpha value is -2.22. The van der Waals surface area contributed by atoms with Crippen LogP contribution in [0.15, 0.2) is 24.3 Å². The van der Waals surface area contributed by atoms with Crippen LogP contribution < -0.4 is 10.1 Å². The molecule has 1 unspecified atom stereocenters. The topological polar surface area (TPSA) is 42.3 Å². The summed E-state index contributed by atoms with van der Waals surface area (Å²) >= 11 is 0. The van der Waals surface area contributed by atoms with Crippen LogP contribution in [-0.2, 0) is 6.54 Å². The van der Waals surface area contributed by atoms with Gasteiger partial charge in [0.25, 0.3) is 0 Å². The Morgan fingerprint density at radius 2 is 2.07 bits per heavy atom. The minimum Gasteiger partial charge on any atom is -0.496 e. The van der Waals surface area contributed by atoms with E-state index in [1.807, 2.05) is 19.1 Å². The number of hydrogen-bond donors (Lipinski definition) is 1. The third-order valence-electron chi connectivity index (χ3n) is 5.91. The zero-order valence-corrected chi connectivity index (χ0v) is 17.0. The van der Waals surface area contributed by atoms with E-state index < -0.39 is 12.2 Å². The number of benzene rings is 1. The number of rotatable bonds is 4. The SMILES string of the molecule is COc1ccc(C)cc1CN1CCCC1c1cc2n(n1)[C@@H](C(F)(F)F)C[C@@H](C)N2. The third-order valence-corrected chi connectivity index (χ3v) is 5.91. The maximum Gasteiger partial charge on any atom is 0.410 e. The Labute approximate surface area is 168 Å². The number of fused-ring (bicyclic) bond motifs is 1. The second-order valence-electron chi connectivity index (χ2n) is 8.18. The average Bonchev–Trinajstić information content (AvgIpc) is 3.26. The van der Waals surface area contributed by atoms with E-state index in [1.165, 1.54) is 0 Å². The molecule has 29 heavy (non-hydrogen) atoms. The van der Waals surface area contributed by atoms with Crippen LogP contribution in [0.5, 0.6) is 5.75 Å². The fourth-order valence-corrected chi connectivity index (χ4v) is 4.54. The van der Waals surface area contributed by atoms with Gasteiger partial charge < -0.3 is 10.1 Å². The Kier molecular flexibility index (Phi) is 5.23. The summed E-state index contributed by atoms with van der Waals surface area (Å²) in [6, 6.07) is 6.07. The van der Waals surface area contributed by atoms with Crippen LogP contribution >= 0.6 is 0 Å². The molecule has 5 nitrogen and oxygen atoms in total. The summed E-state index contributed by atoms with van der Waals surface area (Å²) in [6.07, 6.45) is -2.43. The van der Waals surface area contributed by atoms with E-state index >= 15 is 0 Å². The monoisotopic (exact) mass is 408 g/mol. The van der Waals surface area contributed by atoms with Gasteiger partial charge in [0, 0.05) is 24.2 Å².